The van der Waals surface area contributed by atoms with Gasteiger partial charge in [-0.05, 0) is 47.8 Å². The molecule has 0 N–H and O–H groups in total. The van der Waals surface area contributed by atoms with Gasteiger partial charge in [0.2, 0.25) is 0 Å². The van der Waals surface area contributed by atoms with E-state index in [9.17, 15) is 0 Å². The monoisotopic (exact) mass is 513 g/mol. The first-order chi connectivity index (χ1) is 11.6. The number of aromatic nitrogens is 9. The van der Waals surface area contributed by atoms with E-state index < -0.39 is 0 Å². The van der Waals surface area contributed by atoms with Crippen molar-refractivity contribution in [3.05, 3.63) is 50.6 Å². The molecule has 120 valence electrons. The van der Waals surface area contributed by atoms with E-state index >= 15 is 0 Å². The van der Waals surface area contributed by atoms with Gasteiger partial charge in [-0.15, -0.1) is 0 Å². The van der Waals surface area contributed by atoms with Crippen molar-refractivity contribution in [2.75, 3.05) is 0 Å². The Bertz CT molecular complexity index is 877. The highest BCUT2D eigenvalue weighted by Gasteiger charge is 2.13. The van der Waals surface area contributed by atoms with Gasteiger partial charge >= 0.3 is 0 Å². The third kappa shape index (κ3) is 3.03. The smallest absolute Gasteiger partial charge is 0.205 e. The van der Waals surface area contributed by atoms with Crippen LogP contribution in [0.15, 0.2) is 50.6 Å². The Labute approximate surface area is 160 Å². The zero-order chi connectivity index (χ0) is 16.7. The van der Waals surface area contributed by atoms with E-state index in [4.69, 9.17) is 0 Å². The molecule has 0 fully saturated rings. The van der Waals surface area contributed by atoms with Crippen molar-refractivity contribution >= 4 is 47.8 Å². The van der Waals surface area contributed by atoms with Crippen molar-refractivity contribution in [2.24, 2.45) is 0 Å². The summed E-state index contributed by atoms with van der Waals surface area (Å²) in [6.45, 7) is 0. The van der Waals surface area contributed by atoms with Gasteiger partial charge < -0.3 is 0 Å². The molecule has 0 amide bonds. The normalized spacial score (nSPS) is 11.1. The van der Waals surface area contributed by atoms with Gasteiger partial charge in [0.1, 0.15) is 0 Å². The number of hydrogen-bond donors (Lipinski definition) is 0. The lowest BCUT2D eigenvalue weighted by Crippen LogP contribution is -2.13. The molecule has 0 aromatic carbocycles. The average Bonchev–Trinajstić information content (AvgIpc) is 3.28. The van der Waals surface area contributed by atoms with E-state index in [0.717, 1.165) is 13.4 Å². The Balaban J connectivity index is 1.90. The topological polar surface area (TPSA) is 92.1 Å². The lowest BCUT2D eigenvalue weighted by Gasteiger charge is -2.06. The van der Waals surface area contributed by atoms with E-state index in [1.807, 2.05) is 0 Å². The van der Waals surface area contributed by atoms with E-state index in [1.165, 1.54) is 14.0 Å². The molecule has 4 heterocycles. The molecule has 0 bridgehead atoms. The average molecular weight is 516 g/mol. The summed E-state index contributed by atoms with van der Waals surface area (Å²) in [6, 6.07) is 0. The molecule has 9 nitrogen and oxygen atoms in total. The summed E-state index contributed by atoms with van der Waals surface area (Å²) in [5.74, 6) is 1.04. The molecule has 0 aliphatic carbocycles. The second kappa shape index (κ2) is 6.18. The fourth-order valence-corrected chi connectivity index (χ4v) is 2.74. The summed E-state index contributed by atoms with van der Waals surface area (Å²) in [5.41, 5.74) is 0. The molecular weight excluding hydrogens is 510 g/mol. The Morgan fingerprint density at radius 1 is 0.542 bits per heavy atom. The molecule has 0 saturated carbocycles. The molecule has 0 saturated heterocycles. The minimum Gasteiger partial charge on any atom is -0.205 e. The largest absolute Gasteiger partial charge is 0.257 e. The van der Waals surface area contributed by atoms with Crippen molar-refractivity contribution in [1.29, 1.82) is 0 Å². The zero-order valence-electron chi connectivity index (χ0n) is 11.6. The van der Waals surface area contributed by atoms with Crippen LogP contribution in [-0.2, 0) is 0 Å². The van der Waals surface area contributed by atoms with Crippen LogP contribution in [0.2, 0.25) is 0 Å². The van der Waals surface area contributed by atoms with Crippen LogP contribution in [0.3, 0.4) is 0 Å². The Kier molecular flexibility index (Phi) is 4.02. The summed E-state index contributed by atoms with van der Waals surface area (Å²) < 4.78 is 7.06. The number of rotatable bonds is 3. The molecule has 0 unspecified atom stereocenters. The van der Waals surface area contributed by atoms with Crippen LogP contribution in [0.1, 0.15) is 0 Å². The van der Waals surface area contributed by atoms with Crippen LogP contribution in [0, 0.1) is 0 Å². The van der Waals surface area contributed by atoms with Gasteiger partial charge in [-0.2, -0.15) is 30.2 Å². The van der Waals surface area contributed by atoms with Crippen LogP contribution in [0.25, 0.3) is 17.8 Å². The van der Waals surface area contributed by atoms with Crippen LogP contribution >= 0.6 is 47.8 Å². The molecule has 0 aliphatic heterocycles. The first-order valence-corrected chi connectivity index (χ1v) is 8.84. The van der Waals surface area contributed by atoms with Gasteiger partial charge in [-0.3, -0.25) is 0 Å². The second-order valence-electron chi connectivity index (χ2n) is 4.54. The fraction of sp³-hybridized carbons (Fsp3) is 0. The number of nitrogens with zero attached hydrogens (tertiary/aromatic N) is 9. The van der Waals surface area contributed by atoms with E-state index in [1.54, 1.807) is 37.2 Å². The minimum absolute atomic E-state index is 0.346. The number of halogens is 3. The molecule has 0 spiro atoms. The van der Waals surface area contributed by atoms with Crippen molar-refractivity contribution < 1.29 is 0 Å². The lowest BCUT2D eigenvalue weighted by molar-refractivity contribution is 0.706. The van der Waals surface area contributed by atoms with Crippen LogP contribution < -0.4 is 0 Å². The van der Waals surface area contributed by atoms with Crippen molar-refractivity contribution in [3.63, 3.8) is 0 Å². The van der Waals surface area contributed by atoms with Gasteiger partial charge in [0, 0.05) is 18.6 Å². The summed E-state index contributed by atoms with van der Waals surface area (Å²) in [5, 5.41) is 12.6. The fourth-order valence-electron chi connectivity index (χ4n) is 1.88. The molecule has 4 aromatic heterocycles. The molecule has 0 aliphatic rings. The number of hydrogen-bond acceptors (Lipinski definition) is 6. The SMILES string of the molecule is Brc1cnn(-c2nc(-n3cc(Br)cn3)nc(-n3cc(Br)cn3)n2)c1. The van der Waals surface area contributed by atoms with E-state index in [-0.39, 0.29) is 0 Å². The first kappa shape index (κ1) is 15.6. The molecule has 0 radical (unpaired) electrons. The summed E-state index contributed by atoms with van der Waals surface area (Å²) in [6.07, 6.45) is 10.2. The van der Waals surface area contributed by atoms with Crippen LogP contribution in [0.4, 0.5) is 0 Å². The van der Waals surface area contributed by atoms with Crippen molar-refractivity contribution in [2.45, 2.75) is 0 Å². The van der Waals surface area contributed by atoms with Gasteiger partial charge in [-0.25, -0.2) is 14.0 Å². The Morgan fingerprint density at radius 3 is 1.04 bits per heavy atom. The molecule has 24 heavy (non-hydrogen) atoms. The maximum absolute atomic E-state index is 4.42. The van der Waals surface area contributed by atoms with E-state index in [0.29, 0.717) is 17.8 Å². The third-order valence-electron chi connectivity index (χ3n) is 2.87. The molecular formula is C12H6Br3N9. The van der Waals surface area contributed by atoms with Crippen molar-refractivity contribution in [1.82, 2.24) is 44.3 Å². The maximum atomic E-state index is 4.42. The highest BCUT2D eigenvalue weighted by atomic mass is 79.9. The van der Waals surface area contributed by atoms with Gasteiger partial charge in [0.15, 0.2) is 0 Å². The van der Waals surface area contributed by atoms with Gasteiger partial charge in [-0.1, -0.05) is 0 Å². The third-order valence-corrected chi connectivity index (χ3v) is 4.10. The van der Waals surface area contributed by atoms with E-state index in [2.05, 4.69) is 78.0 Å². The quantitative estimate of drug-likeness (QED) is 0.416. The predicted octanol–water partition coefficient (Wildman–Crippen LogP) is 2.72. The molecule has 12 heteroatoms. The molecule has 0 atom stereocenters. The maximum Gasteiger partial charge on any atom is 0.257 e. The van der Waals surface area contributed by atoms with Gasteiger partial charge in [0.25, 0.3) is 17.8 Å². The Hall–Kier alpha value is -1.92. The molecule has 4 aromatic rings. The Morgan fingerprint density at radius 2 is 0.833 bits per heavy atom. The summed E-state index contributed by atoms with van der Waals surface area (Å²) in [7, 11) is 0. The van der Waals surface area contributed by atoms with Gasteiger partial charge in [0.05, 0.1) is 32.0 Å². The molecule has 4 rings (SSSR count). The zero-order valence-corrected chi connectivity index (χ0v) is 16.4. The second-order valence-corrected chi connectivity index (χ2v) is 7.29. The minimum atomic E-state index is 0.346. The van der Waals surface area contributed by atoms with Crippen molar-refractivity contribution in [3.8, 4) is 17.8 Å². The highest BCUT2D eigenvalue weighted by Crippen LogP contribution is 2.15. The standard InChI is InChI=1S/C12H6Br3N9/c13-7-1-16-22(4-7)10-19-11(23-5-8(14)2-17-23)21-12(20-10)24-6-9(15)3-18-24/h1-6H. The first-order valence-electron chi connectivity index (χ1n) is 6.46. The predicted molar refractivity (Wildman–Crippen MR) is 94.3 cm³/mol. The highest BCUT2D eigenvalue weighted by molar-refractivity contribution is 9.11. The van der Waals surface area contributed by atoms with Crippen LogP contribution in [-0.4, -0.2) is 44.3 Å². The lowest BCUT2D eigenvalue weighted by atomic mass is 10.7. The summed E-state index contributed by atoms with van der Waals surface area (Å²) >= 11 is 10.1. The summed E-state index contributed by atoms with van der Waals surface area (Å²) in [4.78, 5) is 13.3. The van der Waals surface area contributed by atoms with Crippen LogP contribution in [0.5, 0.6) is 0 Å².